The Balaban J connectivity index is 2.08. The van der Waals surface area contributed by atoms with Crippen LogP contribution >= 0.6 is 0 Å². The van der Waals surface area contributed by atoms with Crippen molar-refractivity contribution in [2.24, 2.45) is 0 Å². The van der Waals surface area contributed by atoms with Crippen LogP contribution in [0.3, 0.4) is 0 Å². The first-order chi connectivity index (χ1) is 7.38. The minimum absolute atomic E-state index is 0.679. The molecule has 0 spiro atoms. The average Bonchev–Trinajstić information content (AvgIpc) is 2.97. The Morgan fingerprint density at radius 3 is 3.13 bits per heavy atom. The van der Waals surface area contributed by atoms with Gasteiger partial charge in [0.05, 0.1) is 5.69 Å². The van der Waals surface area contributed by atoms with E-state index in [1.54, 1.807) is 0 Å². The molecule has 3 heteroatoms. The second kappa shape index (κ2) is 3.26. The number of hydrogen-bond acceptors (Lipinski definition) is 2. The predicted octanol–water partition coefficient (Wildman–Crippen LogP) is 2.47. The first-order valence-electron chi connectivity index (χ1n) is 5.60. The number of aromatic nitrogens is 2. The van der Waals surface area contributed by atoms with Crippen molar-refractivity contribution in [2.75, 3.05) is 5.32 Å². The third kappa shape index (κ3) is 1.48. The van der Waals surface area contributed by atoms with Crippen LogP contribution in [0.2, 0.25) is 0 Å². The molecule has 0 radical (unpaired) electrons. The summed E-state index contributed by atoms with van der Waals surface area (Å²) in [4.78, 5) is 4.47. The van der Waals surface area contributed by atoms with Crippen molar-refractivity contribution in [1.29, 1.82) is 0 Å². The Hall–Kier alpha value is -1.51. The zero-order valence-corrected chi connectivity index (χ0v) is 8.90. The van der Waals surface area contributed by atoms with Crippen LogP contribution in [0.1, 0.15) is 25.5 Å². The Labute approximate surface area is 89.1 Å². The lowest BCUT2D eigenvalue weighted by Crippen LogP contribution is -2.03. The molecule has 1 saturated carbocycles. The lowest BCUT2D eigenvalue weighted by Gasteiger charge is -2.06. The van der Waals surface area contributed by atoms with Crippen molar-refractivity contribution in [2.45, 2.75) is 32.2 Å². The molecule has 1 fully saturated rings. The number of nitrogens with one attached hydrogen (secondary N) is 1. The molecule has 1 aliphatic carbocycles. The molecule has 2 aromatic rings. The zero-order valence-electron chi connectivity index (χ0n) is 8.90. The summed E-state index contributed by atoms with van der Waals surface area (Å²) in [6.45, 7) is 2.16. The SMILES string of the molecule is CCc1cnc2c(NC3CC3)cccn12. The maximum Gasteiger partial charge on any atom is 0.160 e. The number of imidazole rings is 1. The smallest absolute Gasteiger partial charge is 0.160 e. The molecule has 2 aromatic heterocycles. The van der Waals surface area contributed by atoms with Crippen LogP contribution in [-0.2, 0) is 6.42 Å². The van der Waals surface area contributed by atoms with Crippen molar-refractivity contribution in [3.8, 4) is 0 Å². The highest BCUT2D eigenvalue weighted by Gasteiger charge is 2.21. The predicted molar refractivity (Wildman–Crippen MR) is 61.2 cm³/mol. The first-order valence-corrected chi connectivity index (χ1v) is 5.60. The van der Waals surface area contributed by atoms with Crippen molar-refractivity contribution >= 4 is 11.3 Å². The average molecular weight is 201 g/mol. The Morgan fingerprint density at radius 2 is 2.40 bits per heavy atom. The van der Waals surface area contributed by atoms with Gasteiger partial charge >= 0.3 is 0 Å². The van der Waals surface area contributed by atoms with Gasteiger partial charge in [-0.2, -0.15) is 0 Å². The molecule has 0 amide bonds. The minimum atomic E-state index is 0.679. The molecule has 0 unspecified atom stereocenters. The summed E-state index contributed by atoms with van der Waals surface area (Å²) in [5, 5.41) is 3.51. The topological polar surface area (TPSA) is 29.3 Å². The maximum absolute atomic E-state index is 4.47. The van der Waals surface area contributed by atoms with Gasteiger partial charge in [-0.15, -0.1) is 0 Å². The Bertz CT molecular complexity index is 483. The fourth-order valence-electron chi connectivity index (χ4n) is 1.88. The third-order valence-corrected chi connectivity index (χ3v) is 2.91. The van der Waals surface area contributed by atoms with Crippen LogP contribution in [-0.4, -0.2) is 15.4 Å². The van der Waals surface area contributed by atoms with E-state index in [1.165, 1.54) is 24.2 Å². The van der Waals surface area contributed by atoms with Gasteiger partial charge in [0.1, 0.15) is 0 Å². The van der Waals surface area contributed by atoms with E-state index in [-0.39, 0.29) is 0 Å². The fourth-order valence-corrected chi connectivity index (χ4v) is 1.88. The molecule has 0 atom stereocenters. The summed E-state index contributed by atoms with van der Waals surface area (Å²) in [7, 11) is 0. The number of anilines is 1. The van der Waals surface area contributed by atoms with Gasteiger partial charge in [0, 0.05) is 24.1 Å². The van der Waals surface area contributed by atoms with Crippen LogP contribution < -0.4 is 5.32 Å². The molecule has 3 nitrogen and oxygen atoms in total. The third-order valence-electron chi connectivity index (χ3n) is 2.91. The van der Waals surface area contributed by atoms with E-state index in [9.17, 15) is 0 Å². The van der Waals surface area contributed by atoms with Gasteiger partial charge in [0.25, 0.3) is 0 Å². The highest BCUT2D eigenvalue weighted by atomic mass is 15.1. The lowest BCUT2D eigenvalue weighted by molar-refractivity contribution is 0.993. The van der Waals surface area contributed by atoms with Gasteiger partial charge in [0.15, 0.2) is 5.65 Å². The van der Waals surface area contributed by atoms with Crippen molar-refractivity contribution in [3.63, 3.8) is 0 Å². The van der Waals surface area contributed by atoms with E-state index >= 15 is 0 Å². The number of nitrogens with zero attached hydrogens (tertiary/aromatic N) is 2. The lowest BCUT2D eigenvalue weighted by atomic mass is 10.3. The highest BCUT2D eigenvalue weighted by molar-refractivity contribution is 5.68. The van der Waals surface area contributed by atoms with Crippen molar-refractivity contribution in [3.05, 3.63) is 30.2 Å². The summed E-state index contributed by atoms with van der Waals surface area (Å²) < 4.78 is 2.17. The van der Waals surface area contributed by atoms with Gasteiger partial charge in [-0.3, -0.25) is 0 Å². The summed E-state index contributed by atoms with van der Waals surface area (Å²) in [6.07, 6.45) is 7.66. The maximum atomic E-state index is 4.47. The van der Waals surface area contributed by atoms with Crippen molar-refractivity contribution < 1.29 is 0 Å². The molecule has 0 aromatic carbocycles. The molecule has 78 valence electrons. The van der Waals surface area contributed by atoms with E-state index in [4.69, 9.17) is 0 Å². The molecular weight excluding hydrogens is 186 g/mol. The van der Waals surface area contributed by atoms with E-state index < -0.39 is 0 Å². The van der Waals surface area contributed by atoms with E-state index in [1.807, 2.05) is 6.20 Å². The monoisotopic (exact) mass is 201 g/mol. The largest absolute Gasteiger partial charge is 0.379 e. The molecule has 0 saturated heterocycles. The quantitative estimate of drug-likeness (QED) is 0.826. The van der Waals surface area contributed by atoms with Crippen LogP contribution in [0.4, 0.5) is 5.69 Å². The standard InChI is InChI=1S/C12H15N3/c1-2-10-8-13-12-11(14-9-5-6-9)4-3-7-15(10)12/h3-4,7-9,14H,2,5-6H2,1H3. The van der Waals surface area contributed by atoms with Gasteiger partial charge in [-0.1, -0.05) is 6.92 Å². The zero-order chi connectivity index (χ0) is 10.3. The second-order valence-electron chi connectivity index (χ2n) is 4.14. The second-order valence-corrected chi connectivity index (χ2v) is 4.14. The fraction of sp³-hybridized carbons (Fsp3) is 0.417. The Morgan fingerprint density at radius 1 is 1.53 bits per heavy atom. The van der Waals surface area contributed by atoms with E-state index in [0.29, 0.717) is 6.04 Å². The first kappa shape index (κ1) is 8.77. The van der Waals surface area contributed by atoms with E-state index in [0.717, 1.165) is 12.1 Å². The molecule has 3 rings (SSSR count). The Kier molecular flexibility index (Phi) is 1.91. The van der Waals surface area contributed by atoms with Gasteiger partial charge in [-0.05, 0) is 31.4 Å². The number of hydrogen-bond donors (Lipinski definition) is 1. The van der Waals surface area contributed by atoms with Crippen LogP contribution in [0.5, 0.6) is 0 Å². The number of rotatable bonds is 3. The van der Waals surface area contributed by atoms with Gasteiger partial charge in [-0.25, -0.2) is 4.98 Å². The summed E-state index contributed by atoms with van der Waals surface area (Å²) in [5.74, 6) is 0. The number of aryl methyl sites for hydroxylation is 1. The van der Waals surface area contributed by atoms with Crippen molar-refractivity contribution in [1.82, 2.24) is 9.38 Å². The molecule has 15 heavy (non-hydrogen) atoms. The summed E-state index contributed by atoms with van der Waals surface area (Å²) in [5.41, 5.74) is 3.49. The normalized spacial score (nSPS) is 15.8. The summed E-state index contributed by atoms with van der Waals surface area (Å²) in [6, 6.07) is 4.87. The van der Waals surface area contributed by atoms with E-state index in [2.05, 4.69) is 40.0 Å². The summed E-state index contributed by atoms with van der Waals surface area (Å²) >= 11 is 0. The molecule has 1 aliphatic rings. The van der Waals surface area contributed by atoms with Gasteiger partial charge < -0.3 is 9.72 Å². The molecular formula is C12H15N3. The molecule has 0 aliphatic heterocycles. The molecule has 1 N–H and O–H groups in total. The number of fused-ring (bicyclic) bond motifs is 1. The minimum Gasteiger partial charge on any atom is -0.379 e. The molecule has 2 heterocycles. The van der Waals surface area contributed by atoms with Gasteiger partial charge in [0.2, 0.25) is 0 Å². The van der Waals surface area contributed by atoms with Crippen LogP contribution in [0.15, 0.2) is 24.5 Å². The van der Waals surface area contributed by atoms with Crippen LogP contribution in [0.25, 0.3) is 5.65 Å². The molecule has 0 bridgehead atoms. The highest BCUT2D eigenvalue weighted by Crippen LogP contribution is 2.27. The van der Waals surface area contributed by atoms with Crippen LogP contribution in [0, 0.1) is 0 Å². The number of pyridine rings is 1.